The smallest absolute Gasteiger partial charge is 0.0533 e. The molecule has 0 aromatic carbocycles. The Morgan fingerprint density at radius 2 is 0.417 bits per heavy atom. The van der Waals surface area contributed by atoms with E-state index in [4.69, 9.17) is 0 Å². The number of unbranched alkanes of at least 4 members (excludes halogenated alkanes) is 6. The van der Waals surface area contributed by atoms with Crippen LogP contribution in [0.1, 0.15) is 160 Å². The maximum Gasteiger partial charge on any atom is -0.0533 e. The fourth-order valence-corrected chi connectivity index (χ4v) is 0.677. The summed E-state index contributed by atoms with van der Waals surface area (Å²) in [6.45, 7) is 26.0. The molecule has 0 unspecified atom stereocenters. The van der Waals surface area contributed by atoms with E-state index in [0.717, 1.165) is 0 Å². The summed E-state index contributed by atoms with van der Waals surface area (Å²) < 4.78 is 0. The lowest BCUT2D eigenvalue weighted by Crippen LogP contribution is -1.70. The van der Waals surface area contributed by atoms with Crippen LogP contribution in [-0.2, 0) is 0 Å². The van der Waals surface area contributed by atoms with Crippen LogP contribution in [0.2, 0.25) is 0 Å². The predicted octanol–water partition coefficient (Wildman–Crippen LogP) is 10.8. The Balaban J connectivity index is -0.0000000422. The van der Waals surface area contributed by atoms with Crippen LogP contribution in [0, 0.1) is 0 Å². The summed E-state index contributed by atoms with van der Waals surface area (Å²) >= 11 is 0. The van der Waals surface area contributed by atoms with Gasteiger partial charge in [-0.1, -0.05) is 160 Å². The second-order valence-electron chi connectivity index (χ2n) is 6.18. The Kier molecular flexibility index (Phi) is 126. The third-order valence-electron chi connectivity index (χ3n) is 2.21. The molecule has 0 heterocycles. The van der Waals surface area contributed by atoms with Crippen molar-refractivity contribution in [2.75, 3.05) is 0 Å². The molecule has 0 aromatic rings. The Morgan fingerprint density at radius 1 is 0.250 bits per heavy atom. The monoisotopic (exact) mass is 348 g/mol. The third kappa shape index (κ3) is 270. The average Bonchev–Trinajstić information content (AvgIpc) is 2.58. The molecular formula is C24H60. The van der Waals surface area contributed by atoms with Crippen LogP contribution in [0.3, 0.4) is 0 Å². The summed E-state index contributed by atoms with van der Waals surface area (Å²) in [5.41, 5.74) is 0. The highest BCUT2D eigenvalue weighted by atomic mass is 13.9. The fourth-order valence-electron chi connectivity index (χ4n) is 0.677. The zero-order valence-corrected chi connectivity index (χ0v) is 20.5. The minimum absolute atomic E-state index is 1.25. The Morgan fingerprint density at radius 3 is 0.500 bits per heavy atom. The summed E-state index contributed by atoms with van der Waals surface area (Å²) in [5.74, 6) is 0. The highest BCUT2D eigenvalue weighted by Gasteiger charge is 1.80. The molecular weight excluding hydrogens is 288 g/mol. The molecule has 0 bridgehead atoms. The van der Waals surface area contributed by atoms with E-state index in [-0.39, 0.29) is 0 Å². The van der Waals surface area contributed by atoms with E-state index in [1.165, 1.54) is 77.0 Å². The molecule has 0 spiro atoms. The van der Waals surface area contributed by atoms with Crippen molar-refractivity contribution in [1.29, 1.82) is 0 Å². The average molecular weight is 349 g/mol. The Hall–Kier alpha value is 0. The molecule has 0 amide bonds. The van der Waals surface area contributed by atoms with Crippen molar-refractivity contribution in [1.82, 2.24) is 0 Å². The molecule has 0 aliphatic heterocycles. The van der Waals surface area contributed by atoms with Crippen molar-refractivity contribution >= 4 is 0 Å². The molecule has 0 saturated carbocycles. The summed E-state index contributed by atoms with van der Waals surface area (Å²) in [6.07, 6.45) is 16.0. The number of hydrogen-bond donors (Lipinski definition) is 0. The van der Waals surface area contributed by atoms with Gasteiger partial charge in [0.25, 0.3) is 0 Å². The van der Waals surface area contributed by atoms with Gasteiger partial charge in [0, 0.05) is 0 Å². The summed E-state index contributed by atoms with van der Waals surface area (Å²) in [4.78, 5) is 0. The molecule has 0 radical (unpaired) electrons. The van der Waals surface area contributed by atoms with Gasteiger partial charge in [-0.05, 0) is 0 Å². The lowest BCUT2D eigenvalue weighted by molar-refractivity contribution is 0.656. The van der Waals surface area contributed by atoms with Crippen molar-refractivity contribution in [3.05, 3.63) is 0 Å². The molecule has 24 heavy (non-hydrogen) atoms. The Labute approximate surface area is 160 Å². The molecule has 156 valence electrons. The fraction of sp³-hybridized carbons (Fsp3) is 1.00. The van der Waals surface area contributed by atoms with E-state index < -0.39 is 0 Å². The van der Waals surface area contributed by atoms with E-state index in [0.29, 0.717) is 0 Å². The highest BCUT2D eigenvalue weighted by Crippen LogP contribution is 2.00. The van der Waals surface area contributed by atoms with Crippen LogP contribution >= 0.6 is 0 Å². The van der Waals surface area contributed by atoms with E-state index in [2.05, 4.69) is 83.1 Å². The number of rotatable bonds is 6. The zero-order valence-electron chi connectivity index (χ0n) is 20.5. The minimum atomic E-state index is 1.25. The first-order chi connectivity index (χ1) is 11.5. The standard InChI is InChI=1S/C7H16.2C4H10.3C3H8/c1-3-5-7-6-4-2;2*1-3-4-2;3*1-3-2/h3-7H2,1-2H3;2*3-4H2,1-2H3;3*3H2,1-2H3. The van der Waals surface area contributed by atoms with Crippen LogP contribution < -0.4 is 0 Å². The zero-order chi connectivity index (χ0) is 20.5. The van der Waals surface area contributed by atoms with E-state index >= 15 is 0 Å². The van der Waals surface area contributed by atoms with Gasteiger partial charge in [0.2, 0.25) is 0 Å². The third-order valence-corrected chi connectivity index (χ3v) is 2.21. The van der Waals surface area contributed by atoms with Crippen LogP contribution in [0.15, 0.2) is 0 Å². The minimum Gasteiger partial charge on any atom is -0.0656 e. The van der Waals surface area contributed by atoms with Gasteiger partial charge in [-0.2, -0.15) is 0 Å². The Bertz CT molecular complexity index is 69.3. The topological polar surface area (TPSA) is 0 Å². The van der Waals surface area contributed by atoms with Crippen molar-refractivity contribution in [2.24, 2.45) is 0 Å². The predicted molar refractivity (Wildman–Crippen MR) is 123 cm³/mol. The maximum atomic E-state index is 2.25. The SMILES string of the molecule is CCC.CCC.CCC.CCCC.CCCC.CCCCCCC. The molecule has 0 rings (SSSR count). The second kappa shape index (κ2) is 77.3. The normalized spacial score (nSPS) is 7.50. The molecule has 0 aliphatic carbocycles. The van der Waals surface area contributed by atoms with Crippen molar-refractivity contribution in [2.45, 2.75) is 160 Å². The van der Waals surface area contributed by atoms with Gasteiger partial charge >= 0.3 is 0 Å². The largest absolute Gasteiger partial charge is 0.0656 e. The lowest BCUT2D eigenvalue weighted by Gasteiger charge is -1.90. The lowest BCUT2D eigenvalue weighted by atomic mass is 10.2. The molecule has 0 heteroatoms. The summed E-state index contributed by atoms with van der Waals surface area (Å²) in [6, 6.07) is 0. The molecule has 0 atom stereocenters. The van der Waals surface area contributed by atoms with Crippen LogP contribution in [-0.4, -0.2) is 0 Å². The molecule has 0 fully saturated rings. The van der Waals surface area contributed by atoms with Gasteiger partial charge in [-0.15, -0.1) is 0 Å². The van der Waals surface area contributed by atoms with E-state index in [1.807, 2.05) is 0 Å². The highest BCUT2D eigenvalue weighted by molar-refractivity contribution is 4.35. The molecule has 0 aromatic heterocycles. The number of hydrogen-bond acceptors (Lipinski definition) is 0. The van der Waals surface area contributed by atoms with Crippen molar-refractivity contribution in [3.8, 4) is 0 Å². The second-order valence-corrected chi connectivity index (χ2v) is 6.18. The first-order valence-corrected chi connectivity index (χ1v) is 11.5. The van der Waals surface area contributed by atoms with Gasteiger partial charge in [0.05, 0.1) is 0 Å². The maximum absolute atomic E-state index is 2.25. The van der Waals surface area contributed by atoms with Crippen molar-refractivity contribution in [3.63, 3.8) is 0 Å². The van der Waals surface area contributed by atoms with Crippen LogP contribution in [0.5, 0.6) is 0 Å². The first kappa shape index (κ1) is 39.2. The molecule has 0 N–H and O–H groups in total. The van der Waals surface area contributed by atoms with Gasteiger partial charge in [-0.3, -0.25) is 0 Å². The molecule has 0 nitrogen and oxygen atoms in total. The van der Waals surface area contributed by atoms with E-state index in [1.54, 1.807) is 0 Å². The molecule has 0 aliphatic rings. The summed E-state index contributed by atoms with van der Waals surface area (Å²) in [5, 5.41) is 0. The van der Waals surface area contributed by atoms with Gasteiger partial charge < -0.3 is 0 Å². The first-order valence-electron chi connectivity index (χ1n) is 11.5. The molecule has 0 saturated heterocycles. The van der Waals surface area contributed by atoms with Gasteiger partial charge in [0.1, 0.15) is 0 Å². The van der Waals surface area contributed by atoms with E-state index in [9.17, 15) is 0 Å². The van der Waals surface area contributed by atoms with Crippen molar-refractivity contribution < 1.29 is 0 Å². The summed E-state index contributed by atoms with van der Waals surface area (Å²) in [7, 11) is 0. The van der Waals surface area contributed by atoms with Gasteiger partial charge in [-0.25, -0.2) is 0 Å². The quantitative estimate of drug-likeness (QED) is 0.418. The van der Waals surface area contributed by atoms with Crippen LogP contribution in [0.4, 0.5) is 0 Å². The van der Waals surface area contributed by atoms with Gasteiger partial charge in [0.15, 0.2) is 0 Å². The van der Waals surface area contributed by atoms with Crippen LogP contribution in [0.25, 0.3) is 0 Å².